The van der Waals surface area contributed by atoms with Gasteiger partial charge in [0.15, 0.2) is 5.96 Å². The second-order valence-electron chi connectivity index (χ2n) is 7.07. The Morgan fingerprint density at radius 3 is 2.08 bits per heavy atom. The van der Waals surface area contributed by atoms with E-state index in [0.29, 0.717) is 19.6 Å². The zero-order valence-electron chi connectivity index (χ0n) is 16.2. The molecule has 0 aromatic heterocycles. The summed E-state index contributed by atoms with van der Waals surface area (Å²) < 4.78 is 5.70. The van der Waals surface area contributed by atoms with Crippen LogP contribution in [0.3, 0.4) is 0 Å². The highest BCUT2D eigenvalue weighted by molar-refractivity contribution is 5.94. The average Bonchev–Trinajstić information content (AvgIpc) is 2.53. The number of amides is 1. The van der Waals surface area contributed by atoms with Crippen molar-refractivity contribution in [2.45, 2.75) is 32.6 Å². The van der Waals surface area contributed by atoms with E-state index in [2.05, 4.69) is 4.99 Å². The van der Waals surface area contributed by atoms with Crippen molar-refractivity contribution in [2.75, 3.05) is 41.3 Å². The Morgan fingerprint density at radius 2 is 1.60 bits per heavy atom. The van der Waals surface area contributed by atoms with Crippen LogP contribution in [0.4, 0.5) is 0 Å². The lowest BCUT2D eigenvalue weighted by Crippen LogP contribution is -2.48. The van der Waals surface area contributed by atoms with Gasteiger partial charge in [0.1, 0.15) is 0 Å². The summed E-state index contributed by atoms with van der Waals surface area (Å²) in [6, 6.07) is 7.74. The van der Waals surface area contributed by atoms with Gasteiger partial charge < -0.3 is 19.4 Å². The highest BCUT2D eigenvalue weighted by atomic mass is 16.5. The number of hydrogen-bond acceptors (Lipinski definition) is 3. The van der Waals surface area contributed by atoms with E-state index >= 15 is 0 Å². The molecule has 1 fully saturated rings. The highest BCUT2D eigenvalue weighted by Gasteiger charge is 2.26. The van der Waals surface area contributed by atoms with Crippen molar-refractivity contribution in [3.63, 3.8) is 0 Å². The molecule has 0 aliphatic carbocycles. The topological polar surface area (TPSA) is 48.4 Å². The molecule has 25 heavy (non-hydrogen) atoms. The lowest BCUT2D eigenvalue weighted by molar-refractivity contribution is -0.0586. The molecular formula is C19H30N4O2. The third kappa shape index (κ3) is 5.19. The molecular weight excluding hydrogens is 316 g/mol. The van der Waals surface area contributed by atoms with Crippen LogP contribution in [0, 0.1) is 0 Å². The minimum absolute atomic E-state index is 0.0688. The normalized spacial score (nSPS) is 20.2. The average molecular weight is 346 g/mol. The van der Waals surface area contributed by atoms with Crippen molar-refractivity contribution < 1.29 is 9.53 Å². The van der Waals surface area contributed by atoms with Crippen LogP contribution in [0.1, 0.15) is 29.8 Å². The van der Waals surface area contributed by atoms with Gasteiger partial charge in [0.25, 0.3) is 5.91 Å². The summed E-state index contributed by atoms with van der Waals surface area (Å²) in [7, 11) is 7.91. The first-order chi connectivity index (χ1) is 11.8. The molecule has 0 spiro atoms. The fourth-order valence-corrected chi connectivity index (χ4v) is 3.12. The lowest BCUT2D eigenvalue weighted by Gasteiger charge is -2.35. The largest absolute Gasteiger partial charge is 0.372 e. The first-order valence-corrected chi connectivity index (χ1v) is 8.70. The maximum atomic E-state index is 12.7. The van der Waals surface area contributed by atoms with Crippen LogP contribution < -0.4 is 0 Å². The number of benzene rings is 1. The van der Waals surface area contributed by atoms with E-state index in [9.17, 15) is 4.79 Å². The van der Waals surface area contributed by atoms with E-state index in [0.717, 1.165) is 17.1 Å². The van der Waals surface area contributed by atoms with Crippen LogP contribution >= 0.6 is 0 Å². The SMILES string of the molecule is C[C@@H]1CN(C(=O)c2ccc(CN=C(N(C)C)N(C)C)cc2)C[C@@H](C)O1. The number of aliphatic imine (C=N–C) groups is 1. The van der Waals surface area contributed by atoms with Gasteiger partial charge in [-0.1, -0.05) is 12.1 Å². The zero-order valence-corrected chi connectivity index (χ0v) is 16.2. The summed E-state index contributed by atoms with van der Waals surface area (Å²) in [5, 5.41) is 0. The number of guanidine groups is 1. The van der Waals surface area contributed by atoms with Gasteiger partial charge in [-0.25, -0.2) is 4.99 Å². The highest BCUT2D eigenvalue weighted by Crippen LogP contribution is 2.15. The number of carbonyl (C=O) groups excluding carboxylic acids is 1. The van der Waals surface area contributed by atoms with Crippen molar-refractivity contribution in [3.05, 3.63) is 35.4 Å². The fraction of sp³-hybridized carbons (Fsp3) is 0.579. The number of ether oxygens (including phenoxy) is 1. The number of carbonyl (C=O) groups is 1. The summed E-state index contributed by atoms with van der Waals surface area (Å²) in [6.07, 6.45) is 0.161. The first-order valence-electron chi connectivity index (χ1n) is 8.70. The monoisotopic (exact) mass is 346 g/mol. The number of rotatable bonds is 3. The molecule has 6 heteroatoms. The van der Waals surface area contributed by atoms with E-state index in [1.54, 1.807) is 0 Å². The summed E-state index contributed by atoms with van der Waals surface area (Å²) in [5.74, 6) is 0.982. The van der Waals surface area contributed by atoms with Crippen LogP contribution in [-0.2, 0) is 11.3 Å². The second kappa shape index (κ2) is 8.34. The van der Waals surface area contributed by atoms with Crippen molar-refractivity contribution >= 4 is 11.9 Å². The van der Waals surface area contributed by atoms with Gasteiger partial charge in [0, 0.05) is 46.8 Å². The van der Waals surface area contributed by atoms with Crippen molar-refractivity contribution in [3.8, 4) is 0 Å². The predicted octanol–water partition coefficient (Wildman–Crippen LogP) is 1.92. The third-order valence-electron chi connectivity index (χ3n) is 4.11. The van der Waals surface area contributed by atoms with Gasteiger partial charge in [-0.05, 0) is 31.5 Å². The van der Waals surface area contributed by atoms with Gasteiger partial charge in [-0.2, -0.15) is 0 Å². The van der Waals surface area contributed by atoms with Gasteiger partial charge in [0.05, 0.1) is 18.8 Å². The number of morpholine rings is 1. The first kappa shape index (κ1) is 19.2. The minimum Gasteiger partial charge on any atom is -0.372 e. The molecule has 0 unspecified atom stereocenters. The molecule has 2 atom stereocenters. The summed E-state index contributed by atoms with van der Waals surface area (Å²) >= 11 is 0. The minimum atomic E-state index is 0.0688. The third-order valence-corrected chi connectivity index (χ3v) is 4.11. The zero-order chi connectivity index (χ0) is 18.6. The van der Waals surface area contributed by atoms with Crippen molar-refractivity contribution in [1.29, 1.82) is 0 Å². The number of hydrogen-bond donors (Lipinski definition) is 0. The maximum Gasteiger partial charge on any atom is 0.254 e. The van der Waals surface area contributed by atoms with Crippen LogP contribution in [0.2, 0.25) is 0 Å². The molecule has 0 saturated carbocycles. The molecule has 1 aromatic carbocycles. The molecule has 1 amide bonds. The summed E-state index contributed by atoms with van der Waals surface area (Å²) in [5.41, 5.74) is 1.80. The smallest absolute Gasteiger partial charge is 0.254 e. The molecule has 0 radical (unpaired) electrons. The van der Waals surface area contributed by atoms with E-state index in [-0.39, 0.29) is 18.1 Å². The molecule has 0 bridgehead atoms. The van der Waals surface area contributed by atoms with E-state index in [4.69, 9.17) is 4.74 Å². The Balaban J connectivity index is 2.04. The van der Waals surface area contributed by atoms with Crippen LogP contribution in [0.5, 0.6) is 0 Å². The Labute approximate surface area is 151 Å². The fourth-order valence-electron chi connectivity index (χ4n) is 3.12. The molecule has 138 valence electrons. The lowest BCUT2D eigenvalue weighted by atomic mass is 10.1. The van der Waals surface area contributed by atoms with Crippen molar-refractivity contribution in [1.82, 2.24) is 14.7 Å². The molecule has 1 saturated heterocycles. The number of nitrogens with zero attached hydrogens (tertiary/aromatic N) is 4. The molecule has 0 N–H and O–H groups in total. The summed E-state index contributed by atoms with van der Waals surface area (Å²) in [6.45, 7) is 5.88. The quantitative estimate of drug-likeness (QED) is 0.620. The second-order valence-corrected chi connectivity index (χ2v) is 7.07. The van der Waals surface area contributed by atoms with E-state index < -0.39 is 0 Å². The molecule has 1 aliphatic heterocycles. The van der Waals surface area contributed by atoms with E-state index in [1.807, 2.05) is 81.0 Å². The molecule has 1 heterocycles. The molecule has 1 aliphatic rings. The Hall–Kier alpha value is -2.08. The Bertz CT molecular complexity index is 590. The Kier molecular flexibility index (Phi) is 6.42. The standard InChI is InChI=1S/C19H30N4O2/c1-14-12-23(13-15(2)25-14)18(24)17-9-7-16(8-10-17)11-20-19(21(3)4)22(5)6/h7-10,14-15H,11-13H2,1-6H3/t14-,15-/m1/s1. The molecule has 1 aromatic rings. The van der Waals surface area contributed by atoms with Crippen LogP contribution in [0.15, 0.2) is 29.3 Å². The summed E-state index contributed by atoms with van der Waals surface area (Å²) in [4.78, 5) is 23.2. The van der Waals surface area contributed by atoms with Crippen molar-refractivity contribution in [2.24, 2.45) is 4.99 Å². The molecule has 6 nitrogen and oxygen atoms in total. The van der Waals surface area contributed by atoms with E-state index in [1.165, 1.54) is 0 Å². The van der Waals surface area contributed by atoms with Gasteiger partial charge in [-0.3, -0.25) is 4.79 Å². The van der Waals surface area contributed by atoms with Crippen LogP contribution in [-0.4, -0.2) is 80.1 Å². The van der Waals surface area contributed by atoms with Gasteiger partial charge >= 0.3 is 0 Å². The van der Waals surface area contributed by atoms with Gasteiger partial charge in [-0.15, -0.1) is 0 Å². The van der Waals surface area contributed by atoms with Crippen LogP contribution in [0.25, 0.3) is 0 Å². The maximum absolute atomic E-state index is 12.7. The van der Waals surface area contributed by atoms with Gasteiger partial charge in [0.2, 0.25) is 0 Å². The Morgan fingerprint density at radius 1 is 1.08 bits per heavy atom. The molecule has 2 rings (SSSR count). The predicted molar refractivity (Wildman–Crippen MR) is 101 cm³/mol.